The number of rotatable bonds is 3. The lowest BCUT2D eigenvalue weighted by Gasteiger charge is -2.03. The van der Waals surface area contributed by atoms with Gasteiger partial charge in [-0.1, -0.05) is 24.3 Å². The van der Waals surface area contributed by atoms with Crippen LogP contribution in [0.4, 0.5) is 5.82 Å². The molecular weight excluding hydrogens is 214 g/mol. The average molecular weight is 231 g/mol. The lowest BCUT2D eigenvalue weighted by molar-refractivity contribution is 0.185. The second-order valence-electron chi connectivity index (χ2n) is 4.08. The molecule has 1 aromatic carbocycles. The van der Waals surface area contributed by atoms with Gasteiger partial charge in [0.25, 0.3) is 0 Å². The highest BCUT2D eigenvalue weighted by Gasteiger charge is 2.10. The first-order chi connectivity index (χ1) is 8.13. The standard InChI is InChI=1S/C13H17N3O/c1-9-15-12(13(14)16(9)2)11-6-4-10(5-7-11)8-17-3/h4-7H,8,14H2,1-3H3. The first-order valence-corrected chi connectivity index (χ1v) is 5.50. The molecule has 0 unspecified atom stereocenters. The number of aryl methyl sites for hydroxylation is 1. The Morgan fingerprint density at radius 3 is 2.41 bits per heavy atom. The van der Waals surface area contributed by atoms with Crippen LogP contribution in [0.2, 0.25) is 0 Å². The number of hydrogen-bond donors (Lipinski definition) is 1. The summed E-state index contributed by atoms with van der Waals surface area (Å²) < 4.78 is 6.96. The van der Waals surface area contributed by atoms with Gasteiger partial charge in [-0.2, -0.15) is 0 Å². The smallest absolute Gasteiger partial charge is 0.131 e. The van der Waals surface area contributed by atoms with E-state index in [9.17, 15) is 0 Å². The zero-order valence-corrected chi connectivity index (χ0v) is 10.4. The van der Waals surface area contributed by atoms with Gasteiger partial charge < -0.3 is 15.0 Å². The molecule has 0 amide bonds. The highest BCUT2D eigenvalue weighted by molar-refractivity contribution is 5.71. The molecule has 2 rings (SSSR count). The highest BCUT2D eigenvalue weighted by atomic mass is 16.5. The molecule has 0 saturated carbocycles. The van der Waals surface area contributed by atoms with Crippen LogP contribution in [0.5, 0.6) is 0 Å². The molecule has 17 heavy (non-hydrogen) atoms. The molecule has 90 valence electrons. The molecule has 0 saturated heterocycles. The summed E-state index contributed by atoms with van der Waals surface area (Å²) in [5.41, 5.74) is 9.02. The summed E-state index contributed by atoms with van der Waals surface area (Å²) in [5.74, 6) is 1.61. The predicted molar refractivity (Wildman–Crippen MR) is 68.5 cm³/mol. The van der Waals surface area contributed by atoms with Gasteiger partial charge in [-0.25, -0.2) is 4.98 Å². The van der Waals surface area contributed by atoms with E-state index in [0.29, 0.717) is 12.4 Å². The van der Waals surface area contributed by atoms with E-state index in [-0.39, 0.29) is 0 Å². The van der Waals surface area contributed by atoms with Crippen molar-refractivity contribution in [1.82, 2.24) is 9.55 Å². The van der Waals surface area contributed by atoms with E-state index in [1.165, 1.54) is 0 Å². The van der Waals surface area contributed by atoms with E-state index in [1.807, 2.05) is 42.8 Å². The summed E-state index contributed by atoms with van der Waals surface area (Å²) in [4.78, 5) is 4.46. The quantitative estimate of drug-likeness (QED) is 0.880. The number of benzene rings is 1. The number of hydrogen-bond acceptors (Lipinski definition) is 3. The molecule has 4 nitrogen and oxygen atoms in total. The van der Waals surface area contributed by atoms with Crippen molar-refractivity contribution in [3.8, 4) is 11.3 Å². The molecule has 0 aliphatic heterocycles. The Labute approximate surface area is 101 Å². The number of nitrogen functional groups attached to an aromatic ring is 1. The Hall–Kier alpha value is -1.81. The lowest BCUT2D eigenvalue weighted by Crippen LogP contribution is -1.98. The minimum Gasteiger partial charge on any atom is -0.383 e. The van der Waals surface area contributed by atoms with Gasteiger partial charge in [-0.05, 0) is 12.5 Å². The summed E-state index contributed by atoms with van der Waals surface area (Å²) in [6.07, 6.45) is 0. The van der Waals surface area contributed by atoms with Gasteiger partial charge in [-0.15, -0.1) is 0 Å². The van der Waals surface area contributed by atoms with E-state index in [2.05, 4.69) is 4.98 Å². The zero-order chi connectivity index (χ0) is 12.4. The average Bonchev–Trinajstić information content (AvgIpc) is 2.59. The Kier molecular flexibility index (Phi) is 3.15. The highest BCUT2D eigenvalue weighted by Crippen LogP contribution is 2.25. The third kappa shape index (κ3) is 2.17. The van der Waals surface area contributed by atoms with Crippen molar-refractivity contribution in [2.24, 2.45) is 7.05 Å². The third-order valence-electron chi connectivity index (χ3n) is 2.90. The zero-order valence-electron chi connectivity index (χ0n) is 10.4. The molecule has 1 heterocycles. The predicted octanol–water partition coefficient (Wildman–Crippen LogP) is 2.12. The van der Waals surface area contributed by atoms with Crippen molar-refractivity contribution in [2.75, 3.05) is 12.8 Å². The SMILES string of the molecule is COCc1ccc(-c2nc(C)n(C)c2N)cc1. The number of anilines is 1. The fraction of sp³-hybridized carbons (Fsp3) is 0.308. The Bertz CT molecular complexity index is 514. The van der Waals surface area contributed by atoms with E-state index in [1.54, 1.807) is 7.11 Å². The normalized spacial score (nSPS) is 10.8. The summed E-state index contributed by atoms with van der Waals surface area (Å²) in [6.45, 7) is 2.57. The van der Waals surface area contributed by atoms with E-state index < -0.39 is 0 Å². The van der Waals surface area contributed by atoms with Crippen LogP contribution in [0.15, 0.2) is 24.3 Å². The van der Waals surface area contributed by atoms with Crippen molar-refractivity contribution in [2.45, 2.75) is 13.5 Å². The van der Waals surface area contributed by atoms with Gasteiger partial charge in [0.05, 0.1) is 6.61 Å². The van der Waals surface area contributed by atoms with Gasteiger partial charge in [0.1, 0.15) is 17.3 Å². The molecule has 0 bridgehead atoms. The molecule has 0 aliphatic carbocycles. The fourth-order valence-electron chi connectivity index (χ4n) is 1.77. The minimum absolute atomic E-state index is 0.622. The van der Waals surface area contributed by atoms with Gasteiger partial charge in [0.15, 0.2) is 0 Å². The van der Waals surface area contributed by atoms with Crippen molar-refractivity contribution < 1.29 is 4.74 Å². The van der Waals surface area contributed by atoms with Crippen LogP contribution in [0, 0.1) is 6.92 Å². The monoisotopic (exact) mass is 231 g/mol. The summed E-state index contributed by atoms with van der Waals surface area (Å²) >= 11 is 0. The summed E-state index contributed by atoms with van der Waals surface area (Å²) in [6, 6.07) is 8.10. The summed E-state index contributed by atoms with van der Waals surface area (Å²) in [7, 11) is 3.61. The van der Waals surface area contributed by atoms with Crippen LogP contribution in [0.3, 0.4) is 0 Å². The van der Waals surface area contributed by atoms with Gasteiger partial charge in [0.2, 0.25) is 0 Å². The molecule has 0 atom stereocenters. The van der Waals surface area contributed by atoms with E-state index in [0.717, 1.165) is 22.6 Å². The largest absolute Gasteiger partial charge is 0.383 e. The van der Waals surface area contributed by atoms with E-state index in [4.69, 9.17) is 10.5 Å². The second-order valence-corrected chi connectivity index (χ2v) is 4.08. The van der Waals surface area contributed by atoms with E-state index >= 15 is 0 Å². The Morgan fingerprint density at radius 1 is 1.29 bits per heavy atom. The molecule has 2 aromatic rings. The number of imidazole rings is 1. The third-order valence-corrected chi connectivity index (χ3v) is 2.90. The van der Waals surface area contributed by atoms with Crippen molar-refractivity contribution >= 4 is 5.82 Å². The molecule has 0 aliphatic rings. The first-order valence-electron chi connectivity index (χ1n) is 5.50. The minimum atomic E-state index is 0.622. The van der Waals surface area contributed by atoms with Crippen LogP contribution in [-0.2, 0) is 18.4 Å². The Morgan fingerprint density at radius 2 is 1.94 bits per heavy atom. The van der Waals surface area contributed by atoms with Gasteiger partial charge >= 0.3 is 0 Å². The number of nitrogens with two attached hydrogens (primary N) is 1. The molecule has 0 fully saturated rings. The van der Waals surface area contributed by atoms with Crippen LogP contribution in [0.1, 0.15) is 11.4 Å². The number of aromatic nitrogens is 2. The summed E-state index contributed by atoms with van der Waals surface area (Å²) in [5, 5.41) is 0. The maximum atomic E-state index is 6.01. The van der Waals surface area contributed by atoms with Crippen LogP contribution < -0.4 is 5.73 Å². The molecule has 0 radical (unpaired) electrons. The number of nitrogens with zero attached hydrogens (tertiary/aromatic N) is 2. The topological polar surface area (TPSA) is 53.1 Å². The number of methoxy groups -OCH3 is 1. The molecule has 0 spiro atoms. The van der Waals surface area contributed by atoms with Crippen molar-refractivity contribution in [1.29, 1.82) is 0 Å². The number of ether oxygens (including phenoxy) is 1. The molecule has 4 heteroatoms. The van der Waals surface area contributed by atoms with Crippen LogP contribution in [0.25, 0.3) is 11.3 Å². The first kappa shape index (κ1) is 11.7. The lowest BCUT2D eigenvalue weighted by atomic mass is 10.1. The van der Waals surface area contributed by atoms with Gasteiger partial charge in [0, 0.05) is 19.7 Å². The molecule has 2 N–H and O–H groups in total. The van der Waals surface area contributed by atoms with Crippen molar-refractivity contribution in [3.05, 3.63) is 35.7 Å². The molecular formula is C13H17N3O. The fourth-order valence-corrected chi connectivity index (χ4v) is 1.77. The maximum absolute atomic E-state index is 6.01. The maximum Gasteiger partial charge on any atom is 0.131 e. The van der Waals surface area contributed by atoms with Crippen molar-refractivity contribution in [3.63, 3.8) is 0 Å². The molecule has 1 aromatic heterocycles. The Balaban J connectivity index is 2.36. The second kappa shape index (κ2) is 4.59. The van der Waals surface area contributed by atoms with Crippen LogP contribution in [-0.4, -0.2) is 16.7 Å². The van der Waals surface area contributed by atoms with Crippen LogP contribution >= 0.6 is 0 Å². The van der Waals surface area contributed by atoms with Gasteiger partial charge in [-0.3, -0.25) is 0 Å².